The predicted octanol–water partition coefficient (Wildman–Crippen LogP) is 3.94. The maximum Gasteiger partial charge on any atom is 0.338 e. The van der Waals surface area contributed by atoms with Crippen LogP contribution in [0.15, 0.2) is 54.6 Å². The first-order valence-electron chi connectivity index (χ1n) is 9.31. The molecule has 0 aliphatic heterocycles. The van der Waals surface area contributed by atoms with Gasteiger partial charge >= 0.3 is 5.97 Å². The number of benzene rings is 2. The molecule has 0 unspecified atom stereocenters. The molecule has 0 fully saturated rings. The minimum Gasteiger partial charge on any atom is -0.494 e. The summed E-state index contributed by atoms with van der Waals surface area (Å²) in [5, 5.41) is 2.88. The smallest absolute Gasteiger partial charge is 0.338 e. The van der Waals surface area contributed by atoms with Gasteiger partial charge in [-0.25, -0.2) is 4.79 Å². The Hall–Kier alpha value is -2.82. The first-order chi connectivity index (χ1) is 13.0. The van der Waals surface area contributed by atoms with Gasteiger partial charge in [-0.1, -0.05) is 37.3 Å². The Morgan fingerprint density at radius 2 is 1.67 bits per heavy atom. The summed E-state index contributed by atoms with van der Waals surface area (Å²) in [5.41, 5.74) is 1.56. The highest BCUT2D eigenvalue weighted by molar-refractivity contribution is 5.92. The lowest BCUT2D eigenvalue weighted by Crippen LogP contribution is -2.38. The predicted molar refractivity (Wildman–Crippen MR) is 105 cm³/mol. The van der Waals surface area contributed by atoms with E-state index in [-0.39, 0.29) is 11.8 Å². The van der Waals surface area contributed by atoms with Crippen molar-refractivity contribution in [3.63, 3.8) is 0 Å². The van der Waals surface area contributed by atoms with Crippen LogP contribution in [0.1, 0.15) is 49.0 Å². The Bertz CT molecular complexity index is 728. The fourth-order valence-electron chi connectivity index (χ4n) is 2.73. The van der Waals surface area contributed by atoms with Crippen LogP contribution in [0.2, 0.25) is 0 Å². The van der Waals surface area contributed by atoms with Crippen molar-refractivity contribution in [1.29, 1.82) is 0 Å². The van der Waals surface area contributed by atoms with E-state index in [0.717, 1.165) is 6.42 Å². The van der Waals surface area contributed by atoms with Crippen molar-refractivity contribution in [2.45, 2.75) is 39.2 Å². The van der Waals surface area contributed by atoms with Gasteiger partial charge in [-0.3, -0.25) is 4.79 Å². The molecular formula is C22H27NO4. The number of nitrogens with one attached hydrogen (secondary N) is 1. The van der Waals surface area contributed by atoms with Crippen molar-refractivity contribution in [3.05, 3.63) is 65.7 Å². The van der Waals surface area contributed by atoms with E-state index >= 15 is 0 Å². The lowest BCUT2D eigenvalue weighted by Gasteiger charge is -2.18. The highest BCUT2D eigenvalue weighted by Gasteiger charge is 2.20. The van der Waals surface area contributed by atoms with Crippen LogP contribution in [0.3, 0.4) is 0 Å². The summed E-state index contributed by atoms with van der Waals surface area (Å²) in [7, 11) is 0. The van der Waals surface area contributed by atoms with Gasteiger partial charge in [0.15, 0.2) is 6.10 Å². The molecule has 0 aliphatic rings. The van der Waals surface area contributed by atoms with Gasteiger partial charge in [0, 0.05) is 12.5 Å². The third-order valence-electron chi connectivity index (χ3n) is 4.34. The van der Waals surface area contributed by atoms with E-state index in [1.54, 1.807) is 31.2 Å². The van der Waals surface area contributed by atoms with Crippen molar-refractivity contribution < 1.29 is 19.1 Å². The zero-order valence-corrected chi connectivity index (χ0v) is 16.1. The second-order valence-corrected chi connectivity index (χ2v) is 6.27. The largest absolute Gasteiger partial charge is 0.494 e. The van der Waals surface area contributed by atoms with E-state index in [1.165, 1.54) is 5.56 Å². The Morgan fingerprint density at radius 3 is 2.26 bits per heavy atom. The summed E-state index contributed by atoms with van der Waals surface area (Å²) in [5.74, 6) is 0.0787. The number of carbonyl (C=O) groups is 2. The van der Waals surface area contributed by atoms with Crippen LogP contribution in [0, 0.1) is 0 Å². The number of carbonyl (C=O) groups excluding carboxylic acids is 2. The minimum atomic E-state index is -0.864. The van der Waals surface area contributed by atoms with E-state index in [2.05, 4.69) is 24.4 Å². The number of amides is 1. The summed E-state index contributed by atoms with van der Waals surface area (Å²) < 4.78 is 10.6. The molecular weight excluding hydrogens is 342 g/mol. The molecule has 1 N–H and O–H groups in total. The second kappa shape index (κ2) is 10.4. The van der Waals surface area contributed by atoms with Crippen LogP contribution in [-0.4, -0.2) is 31.1 Å². The van der Waals surface area contributed by atoms with Crippen molar-refractivity contribution in [3.8, 4) is 5.75 Å². The molecule has 2 rings (SSSR count). The average Bonchev–Trinajstić information content (AvgIpc) is 2.69. The Labute approximate surface area is 160 Å². The Kier molecular flexibility index (Phi) is 7.86. The molecule has 5 heteroatoms. The van der Waals surface area contributed by atoms with E-state index in [9.17, 15) is 9.59 Å². The minimum absolute atomic E-state index is 0.226. The van der Waals surface area contributed by atoms with Crippen LogP contribution in [0.25, 0.3) is 0 Å². The highest BCUT2D eigenvalue weighted by atomic mass is 16.5. The topological polar surface area (TPSA) is 64.6 Å². The lowest BCUT2D eigenvalue weighted by molar-refractivity contribution is -0.129. The number of esters is 1. The van der Waals surface area contributed by atoms with Crippen LogP contribution >= 0.6 is 0 Å². The molecule has 0 aliphatic carbocycles. The quantitative estimate of drug-likeness (QED) is 0.680. The zero-order chi connectivity index (χ0) is 19.6. The first-order valence-corrected chi connectivity index (χ1v) is 9.31. The van der Waals surface area contributed by atoms with Crippen LogP contribution in [0.5, 0.6) is 5.75 Å². The van der Waals surface area contributed by atoms with E-state index in [4.69, 9.17) is 9.47 Å². The number of hydrogen-bond acceptors (Lipinski definition) is 4. The van der Waals surface area contributed by atoms with E-state index in [0.29, 0.717) is 24.5 Å². The maximum atomic E-state index is 12.3. The van der Waals surface area contributed by atoms with Gasteiger partial charge in [0.05, 0.1) is 12.2 Å². The summed E-state index contributed by atoms with van der Waals surface area (Å²) >= 11 is 0. The van der Waals surface area contributed by atoms with Crippen molar-refractivity contribution in [1.82, 2.24) is 5.32 Å². The molecule has 2 atom stereocenters. The second-order valence-electron chi connectivity index (χ2n) is 6.27. The molecule has 0 heterocycles. The first kappa shape index (κ1) is 20.5. The molecule has 0 bridgehead atoms. The van der Waals surface area contributed by atoms with Gasteiger partial charge < -0.3 is 14.8 Å². The SMILES string of the molecule is CCOc1ccc(C(=O)O[C@@H](C)C(=O)NC[C@H](CC)c2ccccc2)cc1. The Balaban J connectivity index is 1.86. The standard InChI is InChI=1S/C22H27NO4/c1-4-17(18-9-7-6-8-10-18)15-23-21(24)16(3)27-22(25)19-11-13-20(14-12-19)26-5-2/h6-14,16-17H,4-5,15H2,1-3H3,(H,23,24)/t16-,17-/m0/s1. The summed E-state index contributed by atoms with van der Waals surface area (Å²) in [4.78, 5) is 24.5. The molecule has 0 saturated heterocycles. The van der Waals surface area contributed by atoms with Gasteiger partial charge in [0.1, 0.15) is 5.75 Å². The number of hydrogen-bond donors (Lipinski definition) is 1. The monoisotopic (exact) mass is 369 g/mol. The molecule has 0 aromatic heterocycles. The highest BCUT2D eigenvalue weighted by Crippen LogP contribution is 2.18. The maximum absolute atomic E-state index is 12.3. The van der Waals surface area contributed by atoms with Crippen molar-refractivity contribution in [2.24, 2.45) is 0 Å². The fraction of sp³-hybridized carbons (Fsp3) is 0.364. The van der Waals surface area contributed by atoms with Crippen LogP contribution in [0.4, 0.5) is 0 Å². The zero-order valence-electron chi connectivity index (χ0n) is 16.1. The lowest BCUT2D eigenvalue weighted by atomic mass is 9.96. The van der Waals surface area contributed by atoms with E-state index in [1.807, 2.05) is 25.1 Å². The van der Waals surface area contributed by atoms with Crippen molar-refractivity contribution >= 4 is 11.9 Å². The van der Waals surface area contributed by atoms with Crippen LogP contribution < -0.4 is 10.1 Å². The normalized spacial score (nSPS) is 12.7. The van der Waals surface area contributed by atoms with E-state index < -0.39 is 12.1 Å². The third-order valence-corrected chi connectivity index (χ3v) is 4.34. The van der Waals surface area contributed by atoms with Gasteiger partial charge in [-0.15, -0.1) is 0 Å². The molecule has 5 nitrogen and oxygen atoms in total. The molecule has 0 saturated carbocycles. The fourth-order valence-corrected chi connectivity index (χ4v) is 2.73. The van der Waals surface area contributed by atoms with Gasteiger partial charge in [-0.2, -0.15) is 0 Å². The Morgan fingerprint density at radius 1 is 1.00 bits per heavy atom. The number of rotatable bonds is 9. The van der Waals surface area contributed by atoms with Gasteiger partial charge in [0.25, 0.3) is 5.91 Å². The summed E-state index contributed by atoms with van der Waals surface area (Å²) in [6, 6.07) is 16.7. The summed E-state index contributed by atoms with van der Waals surface area (Å²) in [6.45, 7) is 6.61. The summed E-state index contributed by atoms with van der Waals surface area (Å²) in [6.07, 6.45) is 0.0438. The molecule has 27 heavy (non-hydrogen) atoms. The third kappa shape index (κ3) is 6.13. The van der Waals surface area contributed by atoms with Gasteiger partial charge in [0.2, 0.25) is 0 Å². The van der Waals surface area contributed by atoms with Crippen LogP contribution in [-0.2, 0) is 9.53 Å². The molecule has 144 valence electrons. The molecule has 0 spiro atoms. The number of ether oxygens (including phenoxy) is 2. The molecule has 1 amide bonds. The molecule has 2 aromatic carbocycles. The molecule has 2 aromatic rings. The van der Waals surface area contributed by atoms with Gasteiger partial charge in [-0.05, 0) is 50.1 Å². The van der Waals surface area contributed by atoms with Crippen molar-refractivity contribution in [2.75, 3.05) is 13.2 Å². The molecule has 0 radical (unpaired) electrons. The average molecular weight is 369 g/mol.